The molecule has 0 amide bonds. The molecule has 186 valence electrons. The van der Waals surface area contributed by atoms with E-state index in [1.54, 1.807) is 0 Å². The number of azo groups is 1. The lowest BCUT2D eigenvalue weighted by atomic mass is 10.1. The van der Waals surface area contributed by atoms with E-state index in [-0.39, 0.29) is 10.8 Å². The van der Waals surface area contributed by atoms with Gasteiger partial charge in [-0.3, -0.25) is 23.8 Å². The predicted molar refractivity (Wildman–Crippen MR) is 117 cm³/mol. The van der Waals surface area contributed by atoms with E-state index in [9.17, 15) is 54.1 Å². The molecule has 3 aromatic carbocycles. The number of phenols is 1. The summed E-state index contributed by atoms with van der Waals surface area (Å²) in [5.41, 5.74) is 2.93. The molecule has 6 N–H and O–H groups in total. The molecule has 0 aliphatic carbocycles. The molecule has 3 aromatic rings. The smallest absolute Gasteiger partial charge is 0.297 e. The summed E-state index contributed by atoms with van der Waals surface area (Å²) in [6.45, 7) is 0. The van der Waals surface area contributed by atoms with Crippen molar-refractivity contribution in [1.82, 2.24) is 0 Å². The van der Waals surface area contributed by atoms with Crippen LogP contribution < -0.4 is 5.73 Å². The van der Waals surface area contributed by atoms with Crippen LogP contribution in [0.5, 0.6) is 5.75 Å². The lowest BCUT2D eigenvalue weighted by Crippen LogP contribution is -2.03. The second-order valence-electron chi connectivity index (χ2n) is 6.71. The highest BCUT2D eigenvalue weighted by atomic mass is 32.2. The van der Waals surface area contributed by atoms with Crippen LogP contribution in [0.4, 0.5) is 22.7 Å². The predicted octanol–water partition coefficient (Wildman–Crippen LogP) is 2.19. The molecule has 3 rings (SSSR count). The SMILES string of the molecule is Nc1c(N=Nc2ccc([N+](=O)[O-])cc2S(=O)(=O)O)c(S(=O)(=O)O)cc2cc(S(=O)(=O)O)cc(O)c12. The molecule has 0 aromatic heterocycles. The highest BCUT2D eigenvalue weighted by molar-refractivity contribution is 7.86. The van der Waals surface area contributed by atoms with Crippen LogP contribution in [-0.2, 0) is 30.4 Å². The van der Waals surface area contributed by atoms with Crippen LogP contribution in [0.2, 0.25) is 0 Å². The van der Waals surface area contributed by atoms with Gasteiger partial charge < -0.3 is 10.8 Å². The van der Waals surface area contributed by atoms with Gasteiger partial charge in [0, 0.05) is 23.6 Å². The number of anilines is 1. The fourth-order valence-electron chi connectivity index (χ4n) is 2.95. The normalized spacial score (nSPS) is 12.9. The number of phenolic OH excluding ortho intramolecular Hbond substituents is 1. The van der Waals surface area contributed by atoms with Gasteiger partial charge in [0.05, 0.1) is 15.5 Å². The minimum Gasteiger partial charge on any atom is -0.507 e. The Hall–Kier alpha value is -3.75. The summed E-state index contributed by atoms with van der Waals surface area (Å²) >= 11 is 0. The number of hydrogen-bond acceptors (Lipinski definition) is 12. The number of nitro groups is 1. The van der Waals surface area contributed by atoms with E-state index in [0.717, 1.165) is 18.2 Å². The number of nitro benzene ring substituents is 1. The average Bonchev–Trinajstić information content (AvgIpc) is 2.70. The zero-order valence-electron chi connectivity index (χ0n) is 16.7. The van der Waals surface area contributed by atoms with Crippen molar-refractivity contribution in [2.24, 2.45) is 10.2 Å². The van der Waals surface area contributed by atoms with Gasteiger partial charge in [0.15, 0.2) is 0 Å². The third kappa shape index (κ3) is 5.18. The number of nitrogen functional groups attached to an aromatic ring is 1. The molecule has 35 heavy (non-hydrogen) atoms. The average molecular weight is 548 g/mol. The lowest BCUT2D eigenvalue weighted by Gasteiger charge is -2.12. The maximum atomic E-state index is 11.9. The quantitative estimate of drug-likeness (QED) is 0.0971. The molecule has 0 radical (unpaired) electrons. The maximum absolute atomic E-state index is 11.9. The van der Waals surface area contributed by atoms with Gasteiger partial charge in [-0.05, 0) is 23.6 Å². The van der Waals surface area contributed by atoms with Gasteiger partial charge >= 0.3 is 0 Å². The van der Waals surface area contributed by atoms with E-state index >= 15 is 0 Å². The van der Waals surface area contributed by atoms with E-state index < -0.39 is 78.5 Å². The molecule has 0 unspecified atom stereocenters. The molecule has 19 heteroatoms. The molecular formula is C16H12N4O12S3. The molecule has 0 aliphatic rings. The van der Waals surface area contributed by atoms with Crippen molar-refractivity contribution >= 4 is 63.9 Å². The van der Waals surface area contributed by atoms with Gasteiger partial charge in [0.1, 0.15) is 26.9 Å². The number of nitrogens with two attached hydrogens (primary N) is 1. The maximum Gasteiger partial charge on any atom is 0.297 e. The van der Waals surface area contributed by atoms with E-state index in [1.165, 1.54) is 0 Å². The minimum absolute atomic E-state index is 0.365. The van der Waals surface area contributed by atoms with Gasteiger partial charge in [-0.1, -0.05) is 0 Å². The monoisotopic (exact) mass is 548 g/mol. The van der Waals surface area contributed by atoms with Gasteiger partial charge in [0.2, 0.25) is 0 Å². The Kier molecular flexibility index (Phi) is 6.27. The topological polar surface area (TPSA) is 277 Å². The van der Waals surface area contributed by atoms with Crippen LogP contribution in [0.15, 0.2) is 61.3 Å². The number of fused-ring (bicyclic) bond motifs is 1. The van der Waals surface area contributed by atoms with Crippen LogP contribution in [0, 0.1) is 10.1 Å². The zero-order chi connectivity index (χ0) is 26.5. The number of aromatic hydroxyl groups is 1. The summed E-state index contributed by atoms with van der Waals surface area (Å²) in [7, 11) is -15.1. The Morgan fingerprint density at radius 2 is 1.43 bits per heavy atom. The summed E-state index contributed by atoms with van der Waals surface area (Å²) in [6, 6.07) is 4.01. The molecule has 0 aliphatic heterocycles. The fourth-order valence-corrected chi connectivity index (χ4v) is 4.80. The zero-order valence-corrected chi connectivity index (χ0v) is 19.1. The first-order valence-corrected chi connectivity index (χ1v) is 12.9. The van der Waals surface area contributed by atoms with Crippen molar-refractivity contribution in [3.05, 3.63) is 46.5 Å². The molecule has 0 saturated heterocycles. The van der Waals surface area contributed by atoms with E-state index in [2.05, 4.69) is 10.2 Å². The van der Waals surface area contributed by atoms with Gasteiger partial charge in [-0.25, -0.2) is 0 Å². The minimum atomic E-state index is -5.15. The van der Waals surface area contributed by atoms with Gasteiger partial charge in [-0.15, -0.1) is 10.2 Å². The summed E-state index contributed by atoms with van der Waals surface area (Å²) in [5, 5.41) is 27.3. The number of hydrogen-bond donors (Lipinski definition) is 5. The van der Waals surface area contributed by atoms with Gasteiger partial charge in [-0.2, -0.15) is 25.3 Å². The molecule has 0 bridgehead atoms. The van der Waals surface area contributed by atoms with Crippen LogP contribution >= 0.6 is 0 Å². The van der Waals surface area contributed by atoms with Crippen molar-refractivity contribution in [2.75, 3.05) is 5.73 Å². The Morgan fingerprint density at radius 3 is 1.94 bits per heavy atom. The third-order valence-electron chi connectivity index (χ3n) is 4.43. The molecule has 16 nitrogen and oxygen atoms in total. The summed E-state index contributed by atoms with van der Waals surface area (Å²) in [4.78, 5) is 6.98. The summed E-state index contributed by atoms with van der Waals surface area (Å²) in [5.74, 6) is -0.847. The Morgan fingerprint density at radius 1 is 0.829 bits per heavy atom. The Balaban J connectivity index is 2.36. The van der Waals surface area contributed by atoms with Crippen molar-refractivity contribution < 1.29 is 48.9 Å². The van der Waals surface area contributed by atoms with E-state index in [4.69, 9.17) is 5.73 Å². The Labute approximate surface area is 195 Å². The molecule has 0 saturated carbocycles. The van der Waals surface area contributed by atoms with E-state index in [1.807, 2.05) is 0 Å². The van der Waals surface area contributed by atoms with Crippen molar-refractivity contribution in [3.8, 4) is 5.75 Å². The number of rotatable bonds is 6. The molecule has 0 atom stereocenters. The van der Waals surface area contributed by atoms with E-state index in [0.29, 0.717) is 18.2 Å². The van der Waals surface area contributed by atoms with Crippen molar-refractivity contribution in [2.45, 2.75) is 14.7 Å². The van der Waals surface area contributed by atoms with Crippen LogP contribution in [0.3, 0.4) is 0 Å². The third-order valence-corrected chi connectivity index (χ3v) is 7.01. The molecule has 0 spiro atoms. The lowest BCUT2D eigenvalue weighted by molar-refractivity contribution is -0.385. The number of non-ortho nitro benzene ring substituents is 1. The second-order valence-corrected chi connectivity index (χ2v) is 10.9. The van der Waals surface area contributed by atoms with Crippen LogP contribution in [0.1, 0.15) is 0 Å². The molecule has 0 heterocycles. The highest BCUT2D eigenvalue weighted by Gasteiger charge is 2.25. The second kappa shape index (κ2) is 8.48. The largest absolute Gasteiger partial charge is 0.507 e. The van der Waals surface area contributed by atoms with Gasteiger partial charge in [0.25, 0.3) is 36.0 Å². The van der Waals surface area contributed by atoms with Crippen molar-refractivity contribution in [3.63, 3.8) is 0 Å². The van der Waals surface area contributed by atoms with Crippen LogP contribution in [0.25, 0.3) is 10.8 Å². The first kappa shape index (κ1) is 25.9. The number of benzene rings is 3. The Bertz CT molecular complexity index is 1770. The summed E-state index contributed by atoms with van der Waals surface area (Å²) in [6.07, 6.45) is 0. The molecular weight excluding hydrogens is 536 g/mol. The van der Waals surface area contributed by atoms with Crippen LogP contribution in [-0.4, -0.2) is 48.9 Å². The van der Waals surface area contributed by atoms with Crippen molar-refractivity contribution in [1.29, 1.82) is 0 Å². The fraction of sp³-hybridized carbons (Fsp3) is 0. The number of nitrogens with zero attached hydrogens (tertiary/aromatic N) is 3. The molecule has 0 fully saturated rings. The highest BCUT2D eigenvalue weighted by Crippen LogP contribution is 2.43. The summed E-state index contributed by atoms with van der Waals surface area (Å²) < 4.78 is 98.1. The first-order valence-electron chi connectivity index (χ1n) is 8.63. The standard InChI is InChI=1S/C16H12N4O12S3/c17-15-14-7(3-9(6-11(14)21)33(24,25)26)4-13(35(30,31)32)16(15)19-18-10-2-1-8(20(22)23)5-12(10)34(27,28)29/h1-6,21H,17H2,(H,24,25,26)(H,27,28,29)(H,30,31,32). The first-order chi connectivity index (χ1) is 15.9.